The molecule has 0 aromatic rings. The molecular formula is C7H15FN2O. The fourth-order valence-corrected chi connectivity index (χ4v) is 0.591. The molecule has 0 aliphatic rings. The second kappa shape index (κ2) is 5.07. The van der Waals surface area contributed by atoms with Crippen molar-refractivity contribution < 1.29 is 9.18 Å². The zero-order chi connectivity index (χ0) is 8.85. The van der Waals surface area contributed by atoms with Crippen LogP contribution in [0.3, 0.4) is 0 Å². The maximum atomic E-state index is 11.6. The number of carbonyl (C=O) groups excluding carboxylic acids is 1. The smallest absolute Gasteiger partial charge is 0.237 e. The number of alkyl halides is 1. The predicted octanol–water partition coefficient (Wildman–Crippen LogP) is 0.0554. The van der Waals surface area contributed by atoms with E-state index in [0.29, 0.717) is 0 Å². The molecule has 1 atom stereocenters. The topological polar surface area (TPSA) is 55.1 Å². The van der Waals surface area contributed by atoms with E-state index in [9.17, 15) is 9.18 Å². The molecule has 0 aliphatic carbocycles. The van der Waals surface area contributed by atoms with Crippen molar-refractivity contribution in [2.45, 2.75) is 19.9 Å². The minimum Gasteiger partial charge on any atom is -0.352 e. The third-order valence-electron chi connectivity index (χ3n) is 1.41. The highest BCUT2D eigenvalue weighted by Crippen LogP contribution is 1.96. The molecule has 0 saturated heterocycles. The van der Waals surface area contributed by atoms with Crippen molar-refractivity contribution in [3.05, 3.63) is 0 Å². The molecule has 3 N–H and O–H groups in total. The van der Waals surface area contributed by atoms with E-state index in [0.717, 1.165) is 0 Å². The van der Waals surface area contributed by atoms with Gasteiger partial charge in [-0.2, -0.15) is 0 Å². The Morgan fingerprint density at radius 2 is 2.18 bits per heavy atom. The zero-order valence-corrected chi connectivity index (χ0v) is 6.93. The molecule has 0 spiro atoms. The Morgan fingerprint density at radius 3 is 2.55 bits per heavy atom. The molecule has 4 heteroatoms. The summed E-state index contributed by atoms with van der Waals surface area (Å²) in [5.41, 5.74) is 5.47. The summed E-state index contributed by atoms with van der Waals surface area (Å²) >= 11 is 0. The quantitative estimate of drug-likeness (QED) is 0.614. The number of rotatable bonds is 4. The Labute approximate surface area is 66.1 Å². The lowest BCUT2D eigenvalue weighted by Gasteiger charge is -2.14. The van der Waals surface area contributed by atoms with Crippen LogP contribution in [-0.4, -0.2) is 25.2 Å². The fraction of sp³-hybridized carbons (Fsp3) is 0.857. The van der Waals surface area contributed by atoms with Gasteiger partial charge in [-0.1, -0.05) is 13.8 Å². The van der Waals surface area contributed by atoms with Crippen molar-refractivity contribution in [3.63, 3.8) is 0 Å². The van der Waals surface area contributed by atoms with Crippen LogP contribution in [-0.2, 0) is 4.79 Å². The minimum atomic E-state index is -0.545. The highest BCUT2D eigenvalue weighted by Gasteiger charge is 2.15. The summed E-state index contributed by atoms with van der Waals surface area (Å²) in [6.45, 7) is 3.20. The van der Waals surface area contributed by atoms with E-state index in [2.05, 4.69) is 5.32 Å². The van der Waals surface area contributed by atoms with Crippen LogP contribution in [0.2, 0.25) is 0 Å². The Balaban J connectivity index is 3.64. The average molecular weight is 162 g/mol. The molecule has 0 unspecified atom stereocenters. The summed E-state index contributed by atoms with van der Waals surface area (Å²) in [4.78, 5) is 10.9. The molecule has 0 fully saturated rings. The van der Waals surface area contributed by atoms with Gasteiger partial charge in [0, 0.05) is 6.54 Å². The molecule has 0 aromatic heterocycles. The predicted molar refractivity (Wildman–Crippen MR) is 41.8 cm³/mol. The van der Waals surface area contributed by atoms with Gasteiger partial charge in [0.25, 0.3) is 0 Å². The highest BCUT2D eigenvalue weighted by molar-refractivity contribution is 5.81. The third kappa shape index (κ3) is 3.93. The molecule has 0 bridgehead atoms. The molecule has 0 aromatic carbocycles. The lowest BCUT2D eigenvalue weighted by atomic mass is 10.1. The molecular weight excluding hydrogens is 147 g/mol. The van der Waals surface area contributed by atoms with Crippen molar-refractivity contribution in [1.29, 1.82) is 0 Å². The van der Waals surface area contributed by atoms with Gasteiger partial charge in [0.2, 0.25) is 5.91 Å². The molecule has 0 aliphatic heterocycles. The van der Waals surface area contributed by atoms with E-state index in [1.807, 2.05) is 13.8 Å². The first kappa shape index (κ1) is 10.4. The van der Waals surface area contributed by atoms with Gasteiger partial charge in [0.05, 0.1) is 6.04 Å². The third-order valence-corrected chi connectivity index (χ3v) is 1.41. The Bertz CT molecular complexity index is 128. The van der Waals surface area contributed by atoms with Gasteiger partial charge in [0.1, 0.15) is 6.67 Å². The minimum absolute atomic E-state index is 0.0548. The Kier molecular flexibility index (Phi) is 4.77. The molecule has 66 valence electrons. The number of hydrogen-bond donors (Lipinski definition) is 2. The van der Waals surface area contributed by atoms with Gasteiger partial charge in [-0.15, -0.1) is 0 Å². The molecule has 11 heavy (non-hydrogen) atoms. The summed E-state index contributed by atoms with van der Waals surface area (Å²) in [6, 6.07) is -0.526. The normalized spacial score (nSPS) is 13.2. The van der Waals surface area contributed by atoms with E-state index in [1.165, 1.54) is 0 Å². The van der Waals surface area contributed by atoms with Gasteiger partial charge in [-0.05, 0) is 5.92 Å². The van der Waals surface area contributed by atoms with E-state index < -0.39 is 12.7 Å². The lowest BCUT2D eigenvalue weighted by Crippen LogP contribution is -2.44. The van der Waals surface area contributed by atoms with Crippen molar-refractivity contribution >= 4 is 5.91 Å². The summed E-state index contributed by atoms with van der Waals surface area (Å²) in [5.74, 6) is -0.188. The van der Waals surface area contributed by atoms with E-state index in [-0.39, 0.29) is 18.4 Å². The molecule has 0 radical (unpaired) electrons. The molecule has 0 heterocycles. The molecule has 0 saturated carbocycles. The number of nitrogens with two attached hydrogens (primary N) is 1. The largest absolute Gasteiger partial charge is 0.352 e. The van der Waals surface area contributed by atoms with Crippen LogP contribution in [0.1, 0.15) is 13.8 Å². The van der Waals surface area contributed by atoms with Crippen molar-refractivity contribution in [2.75, 3.05) is 13.2 Å². The number of amides is 1. The Morgan fingerprint density at radius 1 is 1.64 bits per heavy atom. The van der Waals surface area contributed by atoms with Crippen LogP contribution in [0.5, 0.6) is 0 Å². The van der Waals surface area contributed by atoms with Gasteiger partial charge >= 0.3 is 0 Å². The molecule has 3 nitrogen and oxygen atoms in total. The number of hydrogen-bond acceptors (Lipinski definition) is 2. The van der Waals surface area contributed by atoms with Gasteiger partial charge in [-0.3, -0.25) is 4.79 Å². The maximum absolute atomic E-state index is 11.6. The Hall–Kier alpha value is -0.640. The van der Waals surface area contributed by atoms with Crippen molar-refractivity contribution in [3.8, 4) is 0 Å². The second-order valence-electron chi connectivity index (χ2n) is 2.75. The average Bonchev–Trinajstić information content (AvgIpc) is 1.98. The number of nitrogens with one attached hydrogen (secondary N) is 1. The summed E-state index contributed by atoms with van der Waals surface area (Å²) in [5, 5.41) is 2.37. The summed E-state index contributed by atoms with van der Waals surface area (Å²) in [7, 11) is 0. The van der Waals surface area contributed by atoms with Gasteiger partial charge in [0.15, 0.2) is 0 Å². The first-order valence-electron chi connectivity index (χ1n) is 3.68. The van der Waals surface area contributed by atoms with Crippen LogP contribution in [0.4, 0.5) is 4.39 Å². The second-order valence-corrected chi connectivity index (χ2v) is 2.75. The SMILES string of the molecule is CC(C)[C@@H](N)C(=O)NCCF. The number of carbonyl (C=O) groups is 1. The van der Waals surface area contributed by atoms with E-state index >= 15 is 0 Å². The van der Waals surface area contributed by atoms with Crippen LogP contribution in [0.15, 0.2) is 0 Å². The van der Waals surface area contributed by atoms with Crippen molar-refractivity contribution in [2.24, 2.45) is 11.7 Å². The van der Waals surface area contributed by atoms with Crippen LogP contribution >= 0.6 is 0 Å². The van der Waals surface area contributed by atoms with Gasteiger partial charge in [-0.25, -0.2) is 4.39 Å². The first-order chi connectivity index (χ1) is 5.09. The zero-order valence-electron chi connectivity index (χ0n) is 6.93. The monoisotopic (exact) mass is 162 g/mol. The van der Waals surface area contributed by atoms with E-state index in [1.54, 1.807) is 0 Å². The maximum Gasteiger partial charge on any atom is 0.237 e. The fourth-order valence-electron chi connectivity index (χ4n) is 0.591. The first-order valence-corrected chi connectivity index (χ1v) is 3.68. The lowest BCUT2D eigenvalue weighted by molar-refractivity contribution is -0.123. The molecule has 1 amide bonds. The van der Waals surface area contributed by atoms with Crippen LogP contribution in [0, 0.1) is 5.92 Å². The van der Waals surface area contributed by atoms with Crippen molar-refractivity contribution in [1.82, 2.24) is 5.32 Å². The van der Waals surface area contributed by atoms with E-state index in [4.69, 9.17) is 5.73 Å². The molecule has 0 rings (SSSR count). The van der Waals surface area contributed by atoms with Crippen LogP contribution in [0.25, 0.3) is 0 Å². The standard InChI is InChI=1S/C7H15FN2O/c1-5(2)6(9)7(11)10-4-3-8/h5-6H,3-4,9H2,1-2H3,(H,10,11)/t6-/m1/s1. The van der Waals surface area contributed by atoms with Crippen LogP contribution < -0.4 is 11.1 Å². The number of halogens is 1. The summed E-state index contributed by atoms with van der Waals surface area (Å²) < 4.78 is 11.6. The highest BCUT2D eigenvalue weighted by atomic mass is 19.1. The summed E-state index contributed by atoms with van der Waals surface area (Å²) in [6.07, 6.45) is 0. The van der Waals surface area contributed by atoms with Gasteiger partial charge < -0.3 is 11.1 Å².